The Hall–Kier alpha value is -2.76. The molecule has 1 amide bonds. The zero-order valence-electron chi connectivity index (χ0n) is 10.2. The number of nitrogens with one attached hydrogen (secondary N) is 3. The van der Waals surface area contributed by atoms with Crippen molar-refractivity contribution in [2.75, 3.05) is 0 Å². The van der Waals surface area contributed by atoms with Crippen LogP contribution in [0.2, 0.25) is 0 Å². The average Bonchev–Trinajstić information content (AvgIpc) is 2.89. The molecule has 0 saturated carbocycles. The van der Waals surface area contributed by atoms with E-state index < -0.39 is 5.91 Å². The van der Waals surface area contributed by atoms with Crippen molar-refractivity contribution in [3.05, 3.63) is 46.0 Å². The van der Waals surface area contributed by atoms with Crippen LogP contribution in [0.1, 0.15) is 16.1 Å². The fourth-order valence-electron chi connectivity index (χ4n) is 2.17. The number of nitrogens with two attached hydrogens (primary N) is 1. The van der Waals surface area contributed by atoms with Gasteiger partial charge in [0.25, 0.3) is 5.91 Å². The van der Waals surface area contributed by atoms with Crippen LogP contribution < -0.4 is 11.4 Å². The second-order valence-electron chi connectivity index (χ2n) is 4.43. The minimum absolute atomic E-state index is 0.243. The molecule has 5 N–H and O–H groups in total. The maximum atomic E-state index is 11.2. The Labute approximate surface area is 107 Å². The average molecular weight is 256 g/mol. The highest BCUT2D eigenvalue weighted by molar-refractivity contribution is 5.95. The molecule has 0 bridgehead atoms. The van der Waals surface area contributed by atoms with Crippen molar-refractivity contribution < 1.29 is 4.79 Å². The van der Waals surface area contributed by atoms with Crippen LogP contribution in [0.4, 0.5) is 0 Å². The first kappa shape index (κ1) is 11.3. The highest BCUT2D eigenvalue weighted by Crippen LogP contribution is 2.23. The van der Waals surface area contributed by atoms with E-state index in [1.165, 1.54) is 0 Å². The van der Waals surface area contributed by atoms with Gasteiger partial charge in [-0.05, 0) is 25.1 Å². The Kier molecular flexibility index (Phi) is 2.31. The monoisotopic (exact) mass is 256 g/mol. The van der Waals surface area contributed by atoms with E-state index in [2.05, 4.69) is 15.0 Å². The standard InChI is InChI=1S/C13H12N4O2/c1-6-8(12(14)18)5-10(15-6)7-2-3-9-11(4-7)17-13(19)16-9/h2-5,15H,1H3,(H2,14,18)(H2,16,17,19). The van der Waals surface area contributed by atoms with Gasteiger partial charge < -0.3 is 20.7 Å². The molecule has 1 aromatic carbocycles. The predicted octanol–water partition coefficient (Wildman–Crippen LogP) is 1.26. The molecule has 6 heteroatoms. The van der Waals surface area contributed by atoms with Crippen molar-refractivity contribution in [3.8, 4) is 11.3 Å². The number of aryl methyl sites for hydroxylation is 1. The summed E-state index contributed by atoms with van der Waals surface area (Å²) >= 11 is 0. The summed E-state index contributed by atoms with van der Waals surface area (Å²) in [7, 11) is 0. The fraction of sp³-hybridized carbons (Fsp3) is 0.0769. The van der Waals surface area contributed by atoms with Crippen molar-refractivity contribution in [1.29, 1.82) is 0 Å². The third-order valence-corrected chi connectivity index (χ3v) is 3.11. The summed E-state index contributed by atoms with van der Waals surface area (Å²) in [5.41, 5.74) is 9.36. The van der Waals surface area contributed by atoms with Gasteiger partial charge in [-0.1, -0.05) is 6.07 Å². The molecule has 0 spiro atoms. The van der Waals surface area contributed by atoms with Crippen LogP contribution in [0.5, 0.6) is 0 Å². The lowest BCUT2D eigenvalue weighted by Crippen LogP contribution is -2.10. The van der Waals surface area contributed by atoms with E-state index in [0.29, 0.717) is 5.56 Å². The fourth-order valence-corrected chi connectivity index (χ4v) is 2.17. The molecule has 2 aromatic heterocycles. The number of H-pyrrole nitrogens is 3. The number of rotatable bonds is 2. The third kappa shape index (κ3) is 1.83. The number of aromatic nitrogens is 3. The second kappa shape index (κ2) is 3.88. The summed E-state index contributed by atoms with van der Waals surface area (Å²) in [5, 5.41) is 0. The Morgan fingerprint density at radius 1 is 1.11 bits per heavy atom. The van der Waals surface area contributed by atoms with Crippen LogP contribution in [0.3, 0.4) is 0 Å². The molecule has 96 valence electrons. The first-order chi connectivity index (χ1) is 9.04. The summed E-state index contributed by atoms with van der Waals surface area (Å²) in [6.45, 7) is 1.79. The van der Waals surface area contributed by atoms with Crippen molar-refractivity contribution >= 4 is 16.9 Å². The highest BCUT2D eigenvalue weighted by atomic mass is 16.1. The molecule has 0 fully saturated rings. The smallest absolute Gasteiger partial charge is 0.323 e. The lowest BCUT2D eigenvalue weighted by molar-refractivity contribution is 0.1000. The maximum absolute atomic E-state index is 11.2. The lowest BCUT2D eigenvalue weighted by atomic mass is 10.1. The van der Waals surface area contributed by atoms with Crippen molar-refractivity contribution in [2.24, 2.45) is 5.73 Å². The Morgan fingerprint density at radius 2 is 1.84 bits per heavy atom. The highest BCUT2D eigenvalue weighted by Gasteiger charge is 2.11. The number of fused-ring (bicyclic) bond motifs is 1. The molecule has 0 unspecified atom stereocenters. The first-order valence-corrected chi connectivity index (χ1v) is 5.76. The zero-order chi connectivity index (χ0) is 13.6. The van der Waals surface area contributed by atoms with Gasteiger partial charge in [-0.25, -0.2) is 4.79 Å². The van der Waals surface area contributed by atoms with Gasteiger partial charge in [0.15, 0.2) is 0 Å². The Morgan fingerprint density at radius 3 is 2.53 bits per heavy atom. The maximum Gasteiger partial charge on any atom is 0.323 e. The minimum Gasteiger partial charge on any atom is -0.366 e. The molecule has 6 nitrogen and oxygen atoms in total. The predicted molar refractivity (Wildman–Crippen MR) is 72.0 cm³/mol. The molecule has 19 heavy (non-hydrogen) atoms. The Bertz CT molecular complexity index is 838. The van der Waals surface area contributed by atoms with Crippen molar-refractivity contribution in [2.45, 2.75) is 6.92 Å². The first-order valence-electron chi connectivity index (χ1n) is 5.76. The molecule has 3 aromatic rings. The molecule has 0 saturated heterocycles. The van der Waals surface area contributed by atoms with Crippen LogP contribution in [0.25, 0.3) is 22.3 Å². The van der Waals surface area contributed by atoms with Crippen LogP contribution in [-0.4, -0.2) is 20.9 Å². The van der Waals surface area contributed by atoms with E-state index in [0.717, 1.165) is 28.0 Å². The topological polar surface area (TPSA) is 108 Å². The number of hydrogen-bond donors (Lipinski definition) is 4. The van der Waals surface area contributed by atoms with Gasteiger partial charge in [0.1, 0.15) is 0 Å². The van der Waals surface area contributed by atoms with Crippen molar-refractivity contribution in [1.82, 2.24) is 15.0 Å². The third-order valence-electron chi connectivity index (χ3n) is 3.11. The molecule has 0 aliphatic rings. The van der Waals surface area contributed by atoms with Gasteiger partial charge in [-0.3, -0.25) is 4.79 Å². The van der Waals surface area contributed by atoms with Crippen molar-refractivity contribution in [3.63, 3.8) is 0 Å². The number of benzene rings is 1. The number of aromatic amines is 3. The Balaban J connectivity index is 2.15. The largest absolute Gasteiger partial charge is 0.366 e. The summed E-state index contributed by atoms with van der Waals surface area (Å²) in [6.07, 6.45) is 0. The molecular formula is C13H12N4O2. The number of carbonyl (C=O) groups excluding carboxylic acids is 1. The summed E-state index contributed by atoms with van der Waals surface area (Å²) in [6, 6.07) is 7.22. The van der Waals surface area contributed by atoms with Gasteiger partial charge in [0.2, 0.25) is 0 Å². The van der Waals surface area contributed by atoms with E-state index in [1.807, 2.05) is 18.2 Å². The summed E-state index contributed by atoms with van der Waals surface area (Å²) < 4.78 is 0. The normalized spacial score (nSPS) is 11.0. The van der Waals surface area contributed by atoms with Gasteiger partial charge >= 0.3 is 5.69 Å². The lowest BCUT2D eigenvalue weighted by Gasteiger charge is -1.97. The number of amides is 1. The second-order valence-corrected chi connectivity index (χ2v) is 4.43. The molecule has 2 heterocycles. The molecular weight excluding hydrogens is 244 g/mol. The number of imidazole rings is 1. The molecule has 0 aliphatic carbocycles. The van der Waals surface area contributed by atoms with E-state index in [1.54, 1.807) is 13.0 Å². The van der Waals surface area contributed by atoms with Gasteiger partial charge in [0, 0.05) is 17.0 Å². The number of hydrogen-bond acceptors (Lipinski definition) is 2. The van der Waals surface area contributed by atoms with Gasteiger partial charge in [-0.15, -0.1) is 0 Å². The number of primary amides is 1. The van der Waals surface area contributed by atoms with E-state index in [4.69, 9.17) is 5.73 Å². The van der Waals surface area contributed by atoms with Gasteiger partial charge in [-0.2, -0.15) is 0 Å². The van der Waals surface area contributed by atoms with Crippen LogP contribution >= 0.6 is 0 Å². The molecule has 0 radical (unpaired) electrons. The zero-order valence-corrected chi connectivity index (χ0v) is 10.2. The van der Waals surface area contributed by atoms with E-state index in [9.17, 15) is 9.59 Å². The van der Waals surface area contributed by atoms with Gasteiger partial charge in [0.05, 0.1) is 16.6 Å². The summed E-state index contributed by atoms with van der Waals surface area (Å²) in [5.74, 6) is -0.462. The van der Waals surface area contributed by atoms with E-state index in [-0.39, 0.29) is 5.69 Å². The minimum atomic E-state index is -0.462. The van der Waals surface area contributed by atoms with Crippen LogP contribution in [0, 0.1) is 6.92 Å². The molecule has 0 atom stereocenters. The number of carbonyl (C=O) groups is 1. The van der Waals surface area contributed by atoms with E-state index >= 15 is 0 Å². The van der Waals surface area contributed by atoms with Crippen LogP contribution in [-0.2, 0) is 0 Å². The molecule has 0 aliphatic heterocycles. The SMILES string of the molecule is Cc1[nH]c(-c2ccc3[nH]c(=O)[nH]c3c2)cc1C(N)=O. The quantitative estimate of drug-likeness (QED) is 0.554. The molecule has 3 rings (SSSR count). The van der Waals surface area contributed by atoms with Crippen LogP contribution in [0.15, 0.2) is 29.1 Å². The summed E-state index contributed by atoms with van der Waals surface area (Å²) in [4.78, 5) is 30.9.